The first-order valence-corrected chi connectivity index (χ1v) is 12.8. The molecule has 2 aliphatic rings. The molecule has 2 amide bonds. The highest BCUT2D eigenvalue weighted by atomic mass is 19.1. The van der Waals surface area contributed by atoms with Crippen molar-refractivity contribution in [3.63, 3.8) is 0 Å². The van der Waals surface area contributed by atoms with Gasteiger partial charge in [-0.15, -0.1) is 0 Å². The number of amides is 2. The van der Waals surface area contributed by atoms with Crippen LogP contribution in [0.2, 0.25) is 0 Å². The molecule has 0 unspecified atom stereocenters. The van der Waals surface area contributed by atoms with E-state index in [1.54, 1.807) is 47.6 Å². The number of pyridine rings is 2. The van der Waals surface area contributed by atoms with Crippen molar-refractivity contribution in [3.8, 4) is 17.2 Å². The van der Waals surface area contributed by atoms with Gasteiger partial charge in [0.2, 0.25) is 12.2 Å². The zero-order chi connectivity index (χ0) is 29.4. The summed E-state index contributed by atoms with van der Waals surface area (Å²) in [5.41, 5.74) is -0.528. The Morgan fingerprint density at radius 1 is 1.02 bits per heavy atom. The fourth-order valence-electron chi connectivity index (χ4n) is 4.77. The minimum Gasteiger partial charge on any atom is -0.502 e. The minimum atomic E-state index is -1.07. The quantitative estimate of drug-likeness (QED) is 0.345. The van der Waals surface area contributed by atoms with Crippen LogP contribution in [0.5, 0.6) is 17.2 Å². The Morgan fingerprint density at radius 3 is 2.64 bits per heavy atom. The van der Waals surface area contributed by atoms with Crippen LogP contribution in [-0.4, -0.2) is 44.9 Å². The zero-order valence-electron chi connectivity index (χ0n) is 21.9. The maximum atomic E-state index is 14.1. The lowest BCUT2D eigenvalue weighted by atomic mass is 10.1. The van der Waals surface area contributed by atoms with E-state index in [0.29, 0.717) is 23.3 Å². The summed E-state index contributed by atoms with van der Waals surface area (Å²) in [7, 11) is 0. The van der Waals surface area contributed by atoms with E-state index in [1.807, 2.05) is 0 Å². The third-order valence-corrected chi connectivity index (χ3v) is 6.87. The number of fused-ring (bicyclic) bond motifs is 2. The lowest BCUT2D eigenvalue weighted by Crippen LogP contribution is -2.54. The maximum absolute atomic E-state index is 14.1. The molecule has 4 heterocycles. The first kappa shape index (κ1) is 26.7. The summed E-state index contributed by atoms with van der Waals surface area (Å²) in [5, 5.41) is 15.0. The summed E-state index contributed by atoms with van der Waals surface area (Å²) in [5.74, 6) is -2.98. The van der Waals surface area contributed by atoms with Crippen molar-refractivity contribution in [2.75, 3.05) is 18.5 Å². The molecule has 0 saturated carbocycles. The predicted octanol–water partition coefficient (Wildman–Crippen LogP) is 2.64. The molecule has 2 aliphatic heterocycles. The monoisotopic (exact) mass is 575 g/mol. The number of carbonyl (C=O) groups excluding carboxylic acids is 2. The number of benzene rings is 2. The second kappa shape index (κ2) is 10.8. The van der Waals surface area contributed by atoms with Crippen LogP contribution in [0.25, 0.3) is 0 Å². The van der Waals surface area contributed by atoms with E-state index in [2.05, 4.69) is 10.3 Å². The molecule has 6 rings (SSSR count). The normalized spacial score (nSPS) is 13.7. The maximum Gasteiger partial charge on any atom is 0.278 e. The van der Waals surface area contributed by atoms with Gasteiger partial charge >= 0.3 is 0 Å². The highest BCUT2D eigenvalue weighted by molar-refractivity contribution is 5.99. The number of halogens is 2. The van der Waals surface area contributed by atoms with E-state index >= 15 is 0 Å². The topological polar surface area (TPSA) is 126 Å². The molecule has 2 aromatic heterocycles. The van der Waals surface area contributed by atoms with Crippen LogP contribution in [0.15, 0.2) is 71.8 Å². The molecule has 42 heavy (non-hydrogen) atoms. The molecule has 0 spiro atoms. The Balaban J connectivity index is 1.33. The molecule has 13 heteroatoms. The number of ether oxygens (including phenoxy) is 2. The van der Waals surface area contributed by atoms with Crippen LogP contribution in [0, 0.1) is 11.6 Å². The molecule has 214 valence electrons. The van der Waals surface area contributed by atoms with Crippen LogP contribution in [-0.2, 0) is 19.6 Å². The van der Waals surface area contributed by atoms with E-state index in [1.165, 1.54) is 15.6 Å². The smallest absolute Gasteiger partial charge is 0.278 e. The number of nitrogens with one attached hydrogen (secondary N) is 1. The number of rotatable bonds is 7. The largest absolute Gasteiger partial charge is 0.502 e. The first-order valence-electron chi connectivity index (χ1n) is 12.8. The number of nitrogens with zero attached hydrogens (tertiary/aromatic N) is 4. The zero-order valence-corrected chi connectivity index (χ0v) is 21.9. The van der Waals surface area contributed by atoms with Crippen LogP contribution in [0.4, 0.5) is 8.78 Å². The second-order valence-electron chi connectivity index (χ2n) is 9.65. The summed E-state index contributed by atoms with van der Waals surface area (Å²) in [6.45, 7) is 0.0439. The number of hydrogen-bond donors (Lipinski definition) is 2. The van der Waals surface area contributed by atoms with Gasteiger partial charge in [-0.1, -0.05) is 18.2 Å². The lowest BCUT2D eigenvalue weighted by Gasteiger charge is -2.39. The molecule has 0 aliphatic carbocycles. The van der Waals surface area contributed by atoms with Crippen molar-refractivity contribution in [1.29, 1.82) is 0 Å². The molecule has 0 atom stereocenters. The first-order chi connectivity index (χ1) is 20.3. The van der Waals surface area contributed by atoms with Crippen LogP contribution >= 0.6 is 0 Å². The molecular weight excluding hydrogens is 552 g/mol. The van der Waals surface area contributed by atoms with Crippen LogP contribution in [0.3, 0.4) is 0 Å². The molecule has 2 aromatic carbocycles. The predicted molar refractivity (Wildman–Crippen MR) is 143 cm³/mol. The number of aromatic hydroxyl groups is 1. The highest BCUT2D eigenvalue weighted by Crippen LogP contribution is 2.33. The number of hydrogen-bond acceptors (Lipinski definition) is 8. The molecule has 11 nitrogen and oxygen atoms in total. The lowest BCUT2D eigenvalue weighted by molar-refractivity contribution is 0.0668. The molecule has 0 bridgehead atoms. The van der Waals surface area contributed by atoms with Crippen LogP contribution < -0.4 is 25.2 Å². The summed E-state index contributed by atoms with van der Waals surface area (Å²) in [6, 6.07) is 13.5. The summed E-state index contributed by atoms with van der Waals surface area (Å²) in [4.78, 5) is 45.5. The second-order valence-corrected chi connectivity index (χ2v) is 9.65. The van der Waals surface area contributed by atoms with Gasteiger partial charge < -0.3 is 24.8 Å². The van der Waals surface area contributed by atoms with Gasteiger partial charge in [-0.3, -0.25) is 29.1 Å². The van der Waals surface area contributed by atoms with Crippen molar-refractivity contribution in [2.24, 2.45) is 0 Å². The molecule has 0 saturated heterocycles. The Labute approximate surface area is 237 Å². The van der Waals surface area contributed by atoms with E-state index in [0.717, 1.165) is 17.8 Å². The van der Waals surface area contributed by atoms with E-state index in [-0.39, 0.29) is 44.4 Å². The van der Waals surface area contributed by atoms with Crippen molar-refractivity contribution in [2.45, 2.75) is 19.6 Å². The van der Waals surface area contributed by atoms with E-state index in [4.69, 9.17) is 9.47 Å². The minimum absolute atomic E-state index is 0.00171. The van der Waals surface area contributed by atoms with Gasteiger partial charge in [0, 0.05) is 37.1 Å². The Hall–Kier alpha value is -5.46. The van der Waals surface area contributed by atoms with Crippen LogP contribution in [0.1, 0.15) is 37.7 Å². The van der Waals surface area contributed by atoms with Crippen molar-refractivity contribution in [3.05, 3.63) is 117 Å². The average Bonchev–Trinajstić information content (AvgIpc) is 3.45. The van der Waals surface area contributed by atoms with E-state index < -0.39 is 40.2 Å². The van der Waals surface area contributed by atoms with Gasteiger partial charge in [0.05, 0.1) is 12.2 Å². The molecule has 0 fully saturated rings. The number of aromatic nitrogens is 2. The molecular formula is C29H23F2N5O6. The summed E-state index contributed by atoms with van der Waals surface area (Å²) in [6.07, 6.45) is 2.76. The Kier molecular flexibility index (Phi) is 6.90. The van der Waals surface area contributed by atoms with Crippen molar-refractivity contribution < 1.29 is 33.0 Å². The molecule has 0 radical (unpaired) electrons. The van der Waals surface area contributed by atoms with Gasteiger partial charge in [0.1, 0.15) is 23.9 Å². The fraction of sp³-hybridized carbons (Fsp3) is 0.172. The van der Waals surface area contributed by atoms with Gasteiger partial charge in [-0.2, -0.15) is 0 Å². The summed E-state index contributed by atoms with van der Waals surface area (Å²) >= 11 is 0. The Bertz CT molecular complexity index is 1760. The average molecular weight is 576 g/mol. The Morgan fingerprint density at radius 2 is 1.86 bits per heavy atom. The van der Waals surface area contributed by atoms with Gasteiger partial charge in [-0.25, -0.2) is 8.78 Å². The third kappa shape index (κ3) is 5.07. The van der Waals surface area contributed by atoms with Gasteiger partial charge in [0.25, 0.3) is 11.8 Å². The third-order valence-electron chi connectivity index (χ3n) is 6.87. The van der Waals surface area contributed by atoms with E-state index in [9.17, 15) is 28.3 Å². The summed E-state index contributed by atoms with van der Waals surface area (Å²) < 4.78 is 39.4. The van der Waals surface area contributed by atoms with Crippen molar-refractivity contribution >= 4 is 11.8 Å². The van der Waals surface area contributed by atoms with Gasteiger partial charge in [0.15, 0.2) is 22.9 Å². The van der Waals surface area contributed by atoms with Gasteiger partial charge in [-0.05, 0) is 35.9 Å². The SMILES string of the molecule is O=C(NCc1ccc(F)cc1F)c1cn2c(c(O)c1=O)C(=O)N(Cc1ccc3c(c1)OCO3)CN2Cc1ccccn1. The highest BCUT2D eigenvalue weighted by Gasteiger charge is 2.35. The molecule has 4 aromatic rings. The standard InChI is InChI=1S/C29H23F2N5O6/c30-19-6-5-18(22(31)10-19)11-33-28(39)21-14-36-25(27(38)26(21)37)29(40)34(15-35(36)13-20-3-1-2-8-32-20)12-17-4-7-23-24(9-17)42-16-41-23/h1-10,14,38H,11-13,15-16H2,(H,33,39). The van der Waals surface area contributed by atoms with Crippen molar-refractivity contribution in [1.82, 2.24) is 19.9 Å². The number of carbonyl (C=O) groups is 2. The fourth-order valence-corrected chi connectivity index (χ4v) is 4.77. The molecule has 2 N–H and O–H groups in total.